The van der Waals surface area contributed by atoms with Crippen molar-refractivity contribution in [2.24, 2.45) is 11.1 Å². The first-order chi connectivity index (χ1) is 8.59. The number of carboxylic acids is 1. The number of carbonyl (C=O) groups excluding carboxylic acids is 1. The first-order valence-electron chi connectivity index (χ1n) is 6.82. The lowest BCUT2D eigenvalue weighted by Gasteiger charge is -2.38. The molecule has 0 aromatic rings. The molecule has 0 bridgehead atoms. The molecule has 0 aromatic heterocycles. The van der Waals surface area contributed by atoms with E-state index in [9.17, 15) is 9.59 Å². The average Bonchev–Trinajstić information content (AvgIpc) is 3.17. The van der Waals surface area contributed by atoms with E-state index < -0.39 is 5.97 Å². The number of piperidine rings is 1. The SMILES string of the molecule is NCC1(C(=O)N2CCCCC2CCC(=O)O)CC1. The predicted molar refractivity (Wildman–Crippen MR) is 66.9 cm³/mol. The second-order valence-electron chi connectivity index (χ2n) is 5.57. The van der Waals surface area contributed by atoms with E-state index >= 15 is 0 Å². The molecule has 102 valence electrons. The highest BCUT2D eigenvalue weighted by atomic mass is 16.4. The van der Waals surface area contributed by atoms with Crippen molar-refractivity contribution in [1.82, 2.24) is 4.90 Å². The molecule has 2 aliphatic rings. The van der Waals surface area contributed by atoms with Crippen LogP contribution in [0, 0.1) is 5.41 Å². The molecule has 0 aromatic carbocycles. The van der Waals surface area contributed by atoms with Crippen LogP contribution in [0.4, 0.5) is 0 Å². The van der Waals surface area contributed by atoms with Crippen LogP contribution in [0.2, 0.25) is 0 Å². The zero-order chi connectivity index (χ0) is 13.2. The number of nitrogens with zero attached hydrogens (tertiary/aromatic N) is 1. The summed E-state index contributed by atoms with van der Waals surface area (Å²) in [6.45, 7) is 1.19. The molecular formula is C13H22N2O3. The van der Waals surface area contributed by atoms with Crippen LogP contribution in [0.15, 0.2) is 0 Å². The Hall–Kier alpha value is -1.10. The van der Waals surface area contributed by atoms with Gasteiger partial charge in [0.2, 0.25) is 5.91 Å². The third kappa shape index (κ3) is 2.66. The summed E-state index contributed by atoms with van der Waals surface area (Å²) in [6.07, 6.45) is 5.54. The van der Waals surface area contributed by atoms with Gasteiger partial charge in [0, 0.05) is 25.6 Å². The summed E-state index contributed by atoms with van der Waals surface area (Å²) in [5.74, 6) is -0.618. The fourth-order valence-corrected chi connectivity index (χ4v) is 2.82. The van der Waals surface area contributed by atoms with Crippen LogP contribution in [-0.2, 0) is 9.59 Å². The highest BCUT2D eigenvalue weighted by Gasteiger charge is 2.51. The smallest absolute Gasteiger partial charge is 0.303 e. The van der Waals surface area contributed by atoms with Crippen LogP contribution in [0.3, 0.4) is 0 Å². The Labute approximate surface area is 107 Å². The van der Waals surface area contributed by atoms with E-state index in [1.54, 1.807) is 0 Å². The fraction of sp³-hybridized carbons (Fsp3) is 0.846. The van der Waals surface area contributed by atoms with E-state index in [1.807, 2.05) is 4.90 Å². The standard InChI is InChI=1S/C13H22N2O3/c14-9-13(6-7-13)12(18)15-8-2-1-3-10(15)4-5-11(16)17/h10H,1-9,14H2,(H,16,17). The molecule has 1 saturated carbocycles. The number of amides is 1. The second kappa shape index (κ2) is 5.26. The summed E-state index contributed by atoms with van der Waals surface area (Å²) < 4.78 is 0. The van der Waals surface area contributed by atoms with Crippen molar-refractivity contribution >= 4 is 11.9 Å². The summed E-state index contributed by atoms with van der Waals surface area (Å²) in [5.41, 5.74) is 5.40. The Morgan fingerprint density at radius 1 is 1.33 bits per heavy atom. The zero-order valence-corrected chi connectivity index (χ0v) is 10.7. The van der Waals surface area contributed by atoms with Gasteiger partial charge in [-0.15, -0.1) is 0 Å². The van der Waals surface area contributed by atoms with Gasteiger partial charge in [0.25, 0.3) is 0 Å². The van der Waals surface area contributed by atoms with Gasteiger partial charge in [-0.3, -0.25) is 9.59 Å². The number of nitrogens with two attached hydrogens (primary N) is 1. The van der Waals surface area contributed by atoms with Crippen LogP contribution in [-0.4, -0.2) is 41.0 Å². The van der Waals surface area contributed by atoms with E-state index in [0.717, 1.165) is 38.6 Å². The van der Waals surface area contributed by atoms with Crippen molar-refractivity contribution in [1.29, 1.82) is 0 Å². The molecule has 5 heteroatoms. The molecular weight excluding hydrogens is 232 g/mol. The number of likely N-dealkylation sites (tertiary alicyclic amines) is 1. The molecule has 18 heavy (non-hydrogen) atoms. The summed E-state index contributed by atoms with van der Waals surface area (Å²) in [4.78, 5) is 25.0. The molecule has 5 nitrogen and oxygen atoms in total. The lowest BCUT2D eigenvalue weighted by atomic mass is 9.95. The van der Waals surface area contributed by atoms with Crippen molar-refractivity contribution in [3.05, 3.63) is 0 Å². The van der Waals surface area contributed by atoms with Gasteiger partial charge in [0.1, 0.15) is 0 Å². The van der Waals surface area contributed by atoms with E-state index in [1.165, 1.54) is 0 Å². The van der Waals surface area contributed by atoms with Gasteiger partial charge < -0.3 is 15.7 Å². The summed E-state index contributed by atoms with van der Waals surface area (Å²) in [5, 5.41) is 8.76. The maximum Gasteiger partial charge on any atom is 0.303 e. The number of hydrogen-bond acceptors (Lipinski definition) is 3. The minimum Gasteiger partial charge on any atom is -0.481 e. The molecule has 2 fully saturated rings. The Morgan fingerprint density at radius 3 is 2.61 bits per heavy atom. The topological polar surface area (TPSA) is 83.6 Å². The maximum absolute atomic E-state index is 12.5. The van der Waals surface area contributed by atoms with Crippen molar-refractivity contribution in [3.8, 4) is 0 Å². The van der Waals surface area contributed by atoms with Gasteiger partial charge in [-0.05, 0) is 38.5 Å². The van der Waals surface area contributed by atoms with E-state index in [-0.39, 0.29) is 23.8 Å². The molecule has 1 atom stereocenters. The monoisotopic (exact) mass is 254 g/mol. The van der Waals surface area contributed by atoms with Gasteiger partial charge >= 0.3 is 5.97 Å². The predicted octanol–water partition coefficient (Wildman–Crippen LogP) is 0.971. The number of aliphatic carboxylic acids is 1. The minimum atomic E-state index is -0.784. The maximum atomic E-state index is 12.5. The van der Waals surface area contributed by atoms with Crippen LogP contribution in [0.5, 0.6) is 0 Å². The Bertz CT molecular complexity index is 339. The molecule has 0 spiro atoms. The highest BCUT2D eigenvalue weighted by molar-refractivity contribution is 5.86. The van der Waals surface area contributed by atoms with Gasteiger partial charge in [0.05, 0.1) is 5.41 Å². The van der Waals surface area contributed by atoms with Crippen LogP contribution in [0.25, 0.3) is 0 Å². The Balaban J connectivity index is 1.99. The third-order valence-electron chi connectivity index (χ3n) is 4.28. The quantitative estimate of drug-likeness (QED) is 0.765. The zero-order valence-electron chi connectivity index (χ0n) is 10.7. The Morgan fingerprint density at radius 2 is 2.06 bits per heavy atom. The molecule has 2 rings (SSSR count). The number of carboxylic acid groups (broad SMARTS) is 1. The molecule has 1 aliphatic heterocycles. The van der Waals surface area contributed by atoms with Gasteiger partial charge in [-0.1, -0.05) is 0 Å². The van der Waals surface area contributed by atoms with Crippen LogP contribution >= 0.6 is 0 Å². The molecule has 3 N–H and O–H groups in total. The van der Waals surface area contributed by atoms with E-state index in [0.29, 0.717) is 13.0 Å². The molecule has 1 unspecified atom stereocenters. The van der Waals surface area contributed by atoms with E-state index in [4.69, 9.17) is 10.8 Å². The average molecular weight is 254 g/mol. The first kappa shape index (κ1) is 13.3. The third-order valence-corrected chi connectivity index (χ3v) is 4.28. The number of rotatable bonds is 5. The lowest BCUT2D eigenvalue weighted by molar-refractivity contribution is -0.143. The van der Waals surface area contributed by atoms with Crippen LogP contribution < -0.4 is 5.73 Å². The molecule has 1 heterocycles. The van der Waals surface area contributed by atoms with Crippen LogP contribution in [0.1, 0.15) is 44.9 Å². The van der Waals surface area contributed by atoms with Crippen molar-refractivity contribution in [2.75, 3.05) is 13.1 Å². The number of hydrogen-bond donors (Lipinski definition) is 2. The Kier molecular flexibility index (Phi) is 3.90. The van der Waals surface area contributed by atoms with Gasteiger partial charge in [-0.25, -0.2) is 0 Å². The molecule has 0 radical (unpaired) electrons. The minimum absolute atomic E-state index is 0.103. The second-order valence-corrected chi connectivity index (χ2v) is 5.57. The van der Waals surface area contributed by atoms with E-state index in [2.05, 4.69) is 0 Å². The fourth-order valence-electron chi connectivity index (χ4n) is 2.82. The van der Waals surface area contributed by atoms with Gasteiger partial charge in [-0.2, -0.15) is 0 Å². The summed E-state index contributed by atoms with van der Waals surface area (Å²) in [6, 6.07) is 0.103. The normalized spacial score (nSPS) is 25.8. The lowest BCUT2D eigenvalue weighted by Crippen LogP contribution is -2.48. The highest BCUT2D eigenvalue weighted by Crippen LogP contribution is 2.47. The summed E-state index contributed by atoms with van der Waals surface area (Å²) >= 11 is 0. The molecule has 1 amide bonds. The van der Waals surface area contributed by atoms with Crippen molar-refractivity contribution in [3.63, 3.8) is 0 Å². The molecule has 1 saturated heterocycles. The van der Waals surface area contributed by atoms with Crippen molar-refractivity contribution in [2.45, 2.75) is 51.0 Å². The first-order valence-corrected chi connectivity index (χ1v) is 6.82. The summed E-state index contributed by atoms with van der Waals surface area (Å²) in [7, 11) is 0. The largest absolute Gasteiger partial charge is 0.481 e. The van der Waals surface area contributed by atoms with Gasteiger partial charge in [0.15, 0.2) is 0 Å². The number of carbonyl (C=O) groups is 2. The van der Waals surface area contributed by atoms with Crippen molar-refractivity contribution < 1.29 is 14.7 Å². The molecule has 1 aliphatic carbocycles.